The molecule has 0 aromatic carbocycles. The van der Waals surface area contributed by atoms with Crippen molar-refractivity contribution in [3.63, 3.8) is 0 Å². The van der Waals surface area contributed by atoms with E-state index < -0.39 is 42.4 Å². The SMILES string of the molecule is O=c1ccn([C@H]2O[C@@H](CO)C(O)C2O)c(=O)[nH]1.[NaH]. The summed E-state index contributed by atoms with van der Waals surface area (Å²) in [4.78, 5) is 24.3. The summed E-state index contributed by atoms with van der Waals surface area (Å²) in [6, 6.07) is 1.09. The van der Waals surface area contributed by atoms with Crippen LogP contribution in [0.4, 0.5) is 0 Å². The van der Waals surface area contributed by atoms with E-state index in [1.807, 2.05) is 4.98 Å². The van der Waals surface area contributed by atoms with E-state index in [9.17, 15) is 19.8 Å². The Labute approximate surface area is 123 Å². The maximum absolute atomic E-state index is 11.4. The first-order valence-electron chi connectivity index (χ1n) is 4.98. The van der Waals surface area contributed by atoms with Gasteiger partial charge in [-0.25, -0.2) is 4.79 Å². The maximum atomic E-state index is 11.4. The summed E-state index contributed by atoms with van der Waals surface area (Å²) in [5, 5.41) is 28.1. The second-order valence-electron chi connectivity index (χ2n) is 3.75. The molecule has 8 nitrogen and oxygen atoms in total. The molecule has 0 spiro atoms. The van der Waals surface area contributed by atoms with Crippen LogP contribution in [0.25, 0.3) is 0 Å². The van der Waals surface area contributed by atoms with Crippen LogP contribution in [-0.4, -0.2) is 79.3 Å². The van der Waals surface area contributed by atoms with Gasteiger partial charge in [0.1, 0.15) is 18.3 Å². The Hall–Kier alpha value is -0.480. The summed E-state index contributed by atoms with van der Waals surface area (Å²) in [5.41, 5.74) is -1.33. The zero-order valence-electron chi connectivity index (χ0n) is 8.68. The second-order valence-corrected chi connectivity index (χ2v) is 3.75. The van der Waals surface area contributed by atoms with Crippen molar-refractivity contribution in [2.45, 2.75) is 24.5 Å². The molecule has 1 aliphatic heterocycles. The van der Waals surface area contributed by atoms with E-state index in [2.05, 4.69) is 0 Å². The van der Waals surface area contributed by atoms with Crippen LogP contribution in [0.5, 0.6) is 0 Å². The molecule has 1 aromatic heterocycles. The quantitative estimate of drug-likeness (QED) is 0.412. The second kappa shape index (κ2) is 6.11. The molecule has 1 aliphatic rings. The normalized spacial score (nSPS) is 31.1. The molecule has 1 fully saturated rings. The molecule has 9 heteroatoms. The predicted octanol–water partition coefficient (Wildman–Crippen LogP) is -3.50. The first kappa shape index (κ1) is 15.6. The van der Waals surface area contributed by atoms with E-state index in [4.69, 9.17) is 9.84 Å². The summed E-state index contributed by atoms with van der Waals surface area (Å²) >= 11 is 0. The fourth-order valence-electron chi connectivity index (χ4n) is 1.74. The number of aromatic nitrogens is 2. The van der Waals surface area contributed by atoms with E-state index in [0.29, 0.717) is 0 Å². The summed E-state index contributed by atoms with van der Waals surface area (Å²) in [5.74, 6) is 0. The molecule has 2 unspecified atom stereocenters. The molecule has 0 aliphatic carbocycles. The molecule has 0 radical (unpaired) electrons. The van der Waals surface area contributed by atoms with Gasteiger partial charge >= 0.3 is 35.2 Å². The summed E-state index contributed by atoms with van der Waals surface area (Å²) < 4.78 is 6.08. The van der Waals surface area contributed by atoms with Gasteiger partial charge < -0.3 is 20.1 Å². The Balaban J connectivity index is 0.00000162. The van der Waals surface area contributed by atoms with Crippen molar-refractivity contribution >= 4 is 29.6 Å². The van der Waals surface area contributed by atoms with E-state index in [0.717, 1.165) is 16.8 Å². The van der Waals surface area contributed by atoms with E-state index >= 15 is 0 Å². The average molecular weight is 268 g/mol. The van der Waals surface area contributed by atoms with Gasteiger partial charge in [-0.1, -0.05) is 0 Å². The van der Waals surface area contributed by atoms with E-state index in [1.165, 1.54) is 0 Å². The van der Waals surface area contributed by atoms with Gasteiger partial charge in [-0.2, -0.15) is 0 Å². The van der Waals surface area contributed by atoms with Crippen molar-refractivity contribution in [2.75, 3.05) is 6.61 Å². The Morgan fingerprint density at radius 1 is 1.33 bits per heavy atom. The van der Waals surface area contributed by atoms with Crippen LogP contribution in [-0.2, 0) is 4.74 Å². The van der Waals surface area contributed by atoms with Crippen LogP contribution in [0, 0.1) is 0 Å². The van der Waals surface area contributed by atoms with Crippen molar-refractivity contribution in [1.29, 1.82) is 0 Å². The zero-order valence-corrected chi connectivity index (χ0v) is 8.68. The number of aliphatic hydroxyl groups is 3. The summed E-state index contributed by atoms with van der Waals surface area (Å²) in [6.45, 7) is -0.479. The van der Waals surface area contributed by atoms with Gasteiger partial charge in [-0.15, -0.1) is 0 Å². The van der Waals surface area contributed by atoms with Gasteiger partial charge in [0.05, 0.1) is 6.61 Å². The monoisotopic (exact) mass is 268 g/mol. The van der Waals surface area contributed by atoms with E-state index in [1.54, 1.807) is 0 Å². The molecule has 0 saturated carbocycles. The van der Waals surface area contributed by atoms with Crippen LogP contribution in [0.1, 0.15) is 6.23 Å². The van der Waals surface area contributed by atoms with E-state index in [-0.39, 0.29) is 29.6 Å². The van der Waals surface area contributed by atoms with Gasteiger partial charge in [0.15, 0.2) is 6.23 Å². The van der Waals surface area contributed by atoms with Gasteiger partial charge in [-0.3, -0.25) is 14.3 Å². The van der Waals surface area contributed by atoms with Gasteiger partial charge in [0.2, 0.25) is 0 Å². The number of rotatable bonds is 2. The molecule has 96 valence electrons. The number of hydrogen-bond donors (Lipinski definition) is 4. The molecule has 2 rings (SSSR count). The summed E-state index contributed by atoms with van der Waals surface area (Å²) in [7, 11) is 0. The first-order valence-corrected chi connectivity index (χ1v) is 4.98. The molecule has 2 heterocycles. The molecule has 0 bridgehead atoms. The molecule has 4 N–H and O–H groups in total. The number of hydrogen-bond acceptors (Lipinski definition) is 6. The Morgan fingerprint density at radius 2 is 2.00 bits per heavy atom. The van der Waals surface area contributed by atoms with Crippen LogP contribution in [0.2, 0.25) is 0 Å². The van der Waals surface area contributed by atoms with Crippen molar-refractivity contribution in [1.82, 2.24) is 9.55 Å². The van der Waals surface area contributed by atoms with Crippen LogP contribution in [0.3, 0.4) is 0 Å². The molecule has 0 amide bonds. The van der Waals surface area contributed by atoms with Gasteiger partial charge in [0, 0.05) is 12.3 Å². The van der Waals surface area contributed by atoms with Crippen molar-refractivity contribution in [2.24, 2.45) is 0 Å². The van der Waals surface area contributed by atoms with Crippen molar-refractivity contribution < 1.29 is 20.1 Å². The Bertz CT molecular complexity index is 514. The Kier molecular flexibility index (Phi) is 5.29. The van der Waals surface area contributed by atoms with Crippen molar-refractivity contribution in [3.8, 4) is 0 Å². The first-order chi connectivity index (χ1) is 8.04. The third kappa shape index (κ3) is 2.75. The number of nitrogens with one attached hydrogen (secondary N) is 1. The fourth-order valence-corrected chi connectivity index (χ4v) is 1.74. The minimum atomic E-state index is -1.35. The molecular weight excluding hydrogens is 255 g/mol. The molecule has 18 heavy (non-hydrogen) atoms. The standard InChI is InChI=1S/C9H12N2O6.Na.H/c12-3-4-6(14)7(15)8(17-4)11-2-1-5(13)10-9(11)16;;/h1-2,4,6-8,12,14-15H,3H2,(H,10,13,16);;/t4-,6?,7?,8-;;/m0../s1. The van der Waals surface area contributed by atoms with Crippen LogP contribution >= 0.6 is 0 Å². The average Bonchev–Trinajstić information content (AvgIpc) is 2.57. The predicted molar refractivity (Wildman–Crippen MR) is 61.5 cm³/mol. The molecule has 1 saturated heterocycles. The molecule has 4 atom stereocenters. The van der Waals surface area contributed by atoms with Crippen molar-refractivity contribution in [3.05, 3.63) is 33.1 Å². The third-order valence-corrected chi connectivity index (χ3v) is 2.64. The zero-order chi connectivity index (χ0) is 12.6. The van der Waals surface area contributed by atoms with Gasteiger partial charge in [-0.05, 0) is 0 Å². The van der Waals surface area contributed by atoms with Crippen LogP contribution in [0.15, 0.2) is 21.9 Å². The number of H-pyrrole nitrogens is 1. The molecule has 1 aromatic rings. The number of aliphatic hydroxyl groups excluding tert-OH is 3. The topological polar surface area (TPSA) is 125 Å². The number of aromatic amines is 1. The van der Waals surface area contributed by atoms with Gasteiger partial charge in [0.25, 0.3) is 5.56 Å². The number of nitrogens with zero attached hydrogens (tertiary/aromatic N) is 1. The minimum absolute atomic E-state index is 0. The Morgan fingerprint density at radius 3 is 2.50 bits per heavy atom. The molecular formula is C9H13N2NaO6. The van der Waals surface area contributed by atoms with Crippen LogP contribution < -0.4 is 11.2 Å². The third-order valence-electron chi connectivity index (χ3n) is 2.64. The fraction of sp³-hybridized carbons (Fsp3) is 0.556. The summed E-state index contributed by atoms with van der Waals surface area (Å²) in [6.07, 6.45) is -3.58. The number of ether oxygens (including phenoxy) is 1.